The molecular weight excluding hydrogens is 268 g/mol. The lowest BCUT2D eigenvalue weighted by atomic mass is 10.2. The maximum atomic E-state index is 12.2. The van der Waals surface area contributed by atoms with Crippen molar-refractivity contribution >= 4 is 9.84 Å². The molecule has 1 aromatic carbocycles. The Labute approximate surface area is 110 Å². The summed E-state index contributed by atoms with van der Waals surface area (Å²) in [6.07, 6.45) is 1.38. The van der Waals surface area contributed by atoms with Gasteiger partial charge in [0.05, 0.1) is 12.4 Å². The highest BCUT2D eigenvalue weighted by atomic mass is 32.2. The minimum atomic E-state index is -3.69. The first kappa shape index (κ1) is 13.6. The second kappa shape index (κ2) is 5.41. The van der Waals surface area contributed by atoms with Crippen LogP contribution in [0.2, 0.25) is 0 Å². The van der Waals surface area contributed by atoms with E-state index in [9.17, 15) is 13.2 Å². The Morgan fingerprint density at radius 2 is 1.89 bits per heavy atom. The van der Waals surface area contributed by atoms with Gasteiger partial charge in [0.15, 0.2) is 15.2 Å². The summed E-state index contributed by atoms with van der Waals surface area (Å²) in [4.78, 5) is 11.7. The summed E-state index contributed by atoms with van der Waals surface area (Å²) in [5.41, 5.74) is 0.0378. The summed E-state index contributed by atoms with van der Waals surface area (Å²) in [7, 11) is -3.69. The van der Waals surface area contributed by atoms with Crippen LogP contribution in [0.15, 0.2) is 47.4 Å². The van der Waals surface area contributed by atoms with Crippen LogP contribution in [-0.2, 0) is 9.84 Å². The van der Waals surface area contributed by atoms with E-state index in [0.717, 1.165) is 4.68 Å². The molecule has 0 saturated carbocycles. The van der Waals surface area contributed by atoms with E-state index in [1.54, 1.807) is 30.3 Å². The minimum Gasteiger partial charge on any atom is -0.395 e. The molecule has 2 rings (SSSR count). The van der Waals surface area contributed by atoms with Crippen molar-refractivity contribution < 1.29 is 13.5 Å². The van der Waals surface area contributed by atoms with Crippen molar-refractivity contribution in [3.05, 3.63) is 58.5 Å². The van der Waals surface area contributed by atoms with Gasteiger partial charge in [0.1, 0.15) is 0 Å². The third kappa shape index (κ3) is 2.77. The van der Waals surface area contributed by atoms with Crippen LogP contribution in [0, 0.1) is 0 Å². The zero-order chi connectivity index (χ0) is 13.9. The van der Waals surface area contributed by atoms with Crippen LogP contribution >= 0.6 is 0 Å². The second-order valence-electron chi connectivity index (χ2n) is 4.02. The van der Waals surface area contributed by atoms with Crippen LogP contribution < -0.4 is 5.56 Å². The average molecular weight is 282 g/mol. The molecule has 0 aliphatic carbocycles. The molecule has 0 bridgehead atoms. The quantitative estimate of drug-likeness (QED) is 0.815. The number of aromatic nitrogens is 2. The summed E-state index contributed by atoms with van der Waals surface area (Å²) < 4.78 is 25.5. The first-order valence-electron chi connectivity index (χ1n) is 5.69. The Hall–Kier alpha value is -1.86. The van der Waals surface area contributed by atoms with Crippen molar-refractivity contribution in [1.29, 1.82) is 0 Å². The fourth-order valence-corrected chi connectivity index (χ4v) is 3.43. The number of nitrogens with zero attached hydrogens (tertiary/aromatic N) is 1. The van der Waals surface area contributed by atoms with Crippen LogP contribution in [0.25, 0.3) is 0 Å². The molecule has 2 N–H and O–H groups in total. The normalized spacial score (nSPS) is 13.3. The minimum absolute atomic E-state index is 0.405. The van der Waals surface area contributed by atoms with Crippen molar-refractivity contribution in [2.75, 3.05) is 12.4 Å². The van der Waals surface area contributed by atoms with Crippen LogP contribution in [0.1, 0.15) is 10.9 Å². The third-order valence-corrected chi connectivity index (χ3v) is 4.63. The molecule has 6 nitrogen and oxygen atoms in total. The smallest absolute Gasteiger partial charge is 0.267 e. The van der Waals surface area contributed by atoms with Crippen molar-refractivity contribution in [2.24, 2.45) is 0 Å². The molecule has 1 heterocycles. The van der Waals surface area contributed by atoms with Crippen molar-refractivity contribution in [3.8, 4) is 0 Å². The van der Waals surface area contributed by atoms with Gasteiger partial charge in [-0.25, -0.2) is 13.1 Å². The number of aliphatic hydroxyl groups excluding tert-OH is 1. The summed E-state index contributed by atoms with van der Waals surface area (Å²) in [6, 6.07) is 9.68. The Morgan fingerprint density at radius 1 is 1.21 bits per heavy atom. The van der Waals surface area contributed by atoms with E-state index in [1.807, 2.05) is 0 Å². The number of nitrogens with one attached hydrogen (secondary N) is 1. The number of aromatic amines is 1. The van der Waals surface area contributed by atoms with E-state index in [4.69, 9.17) is 5.11 Å². The van der Waals surface area contributed by atoms with Gasteiger partial charge in [0.25, 0.3) is 5.56 Å². The number of benzene rings is 1. The van der Waals surface area contributed by atoms with E-state index in [2.05, 4.69) is 5.10 Å². The van der Waals surface area contributed by atoms with Crippen LogP contribution in [0.3, 0.4) is 0 Å². The molecule has 19 heavy (non-hydrogen) atoms. The number of hydrogen-bond acceptors (Lipinski definition) is 4. The molecule has 1 atom stereocenters. The number of aliphatic hydroxyl groups is 1. The zero-order valence-electron chi connectivity index (χ0n) is 10.1. The number of rotatable bonds is 5. The molecule has 7 heteroatoms. The molecule has 0 aliphatic rings. The molecule has 2 aromatic rings. The second-order valence-corrected chi connectivity index (χ2v) is 6.20. The molecule has 0 fully saturated rings. The van der Waals surface area contributed by atoms with Gasteiger partial charge in [-0.2, -0.15) is 0 Å². The van der Waals surface area contributed by atoms with Gasteiger partial charge in [-0.3, -0.25) is 4.79 Å². The van der Waals surface area contributed by atoms with Gasteiger partial charge < -0.3 is 10.2 Å². The van der Waals surface area contributed by atoms with Crippen molar-refractivity contribution in [2.45, 2.75) is 5.37 Å². The first-order valence-corrected chi connectivity index (χ1v) is 7.41. The standard InChI is InChI=1S/C12H14N2O4S/c15-8-9-19(17,18)12(10-4-2-1-3-5-10)14-11(16)6-7-13-14/h1-7,12-13,15H,8-9H2. The lowest BCUT2D eigenvalue weighted by Gasteiger charge is -2.18. The molecule has 0 amide bonds. The lowest BCUT2D eigenvalue weighted by Crippen LogP contribution is -2.31. The molecule has 1 aromatic heterocycles. The Kier molecular flexibility index (Phi) is 3.87. The van der Waals surface area contributed by atoms with E-state index < -0.39 is 33.1 Å². The van der Waals surface area contributed by atoms with Crippen LogP contribution in [0.5, 0.6) is 0 Å². The number of H-pyrrole nitrogens is 1. The molecule has 1 unspecified atom stereocenters. The van der Waals surface area contributed by atoms with Crippen molar-refractivity contribution in [3.63, 3.8) is 0 Å². The monoisotopic (exact) mass is 282 g/mol. The molecule has 0 saturated heterocycles. The van der Waals surface area contributed by atoms with Gasteiger partial charge in [0, 0.05) is 12.3 Å². The maximum absolute atomic E-state index is 12.2. The number of sulfone groups is 1. The molecule has 0 radical (unpaired) electrons. The highest BCUT2D eigenvalue weighted by Crippen LogP contribution is 2.22. The molecule has 102 valence electrons. The Bertz CT molecular complexity index is 688. The predicted octanol–water partition coefficient (Wildman–Crippen LogP) is 0.130. The highest BCUT2D eigenvalue weighted by molar-refractivity contribution is 7.91. The summed E-state index contributed by atoms with van der Waals surface area (Å²) in [5.74, 6) is -0.405. The van der Waals surface area contributed by atoms with Gasteiger partial charge in [-0.1, -0.05) is 30.3 Å². The fourth-order valence-electron chi connectivity index (χ4n) is 1.89. The predicted molar refractivity (Wildman–Crippen MR) is 70.5 cm³/mol. The fraction of sp³-hybridized carbons (Fsp3) is 0.250. The molecule has 0 spiro atoms. The van der Waals surface area contributed by atoms with E-state index in [0.29, 0.717) is 5.56 Å². The van der Waals surface area contributed by atoms with E-state index in [-0.39, 0.29) is 0 Å². The maximum Gasteiger partial charge on any atom is 0.267 e. The summed E-state index contributed by atoms with van der Waals surface area (Å²) >= 11 is 0. The van der Waals surface area contributed by atoms with Crippen LogP contribution in [-0.4, -0.2) is 35.7 Å². The molecule has 0 aliphatic heterocycles. The Balaban J connectivity index is 2.59. The zero-order valence-corrected chi connectivity index (χ0v) is 10.9. The largest absolute Gasteiger partial charge is 0.395 e. The van der Waals surface area contributed by atoms with Crippen molar-refractivity contribution in [1.82, 2.24) is 9.78 Å². The SMILES string of the molecule is O=c1cc[nH]n1C(c1ccccc1)S(=O)(=O)CCO. The topological polar surface area (TPSA) is 92.2 Å². The third-order valence-electron chi connectivity index (χ3n) is 2.71. The van der Waals surface area contributed by atoms with Gasteiger partial charge in [-0.15, -0.1) is 0 Å². The molecular formula is C12H14N2O4S. The Morgan fingerprint density at radius 3 is 2.42 bits per heavy atom. The summed E-state index contributed by atoms with van der Waals surface area (Å²) in [5, 5.41) is 10.3. The lowest BCUT2D eigenvalue weighted by molar-refractivity contribution is 0.318. The van der Waals surface area contributed by atoms with Gasteiger partial charge in [-0.05, 0) is 5.56 Å². The first-order chi connectivity index (χ1) is 9.06. The number of hydrogen-bond donors (Lipinski definition) is 2. The summed E-state index contributed by atoms with van der Waals surface area (Å²) in [6.45, 7) is -0.485. The van der Waals surface area contributed by atoms with E-state index in [1.165, 1.54) is 12.3 Å². The van der Waals surface area contributed by atoms with Gasteiger partial charge >= 0.3 is 0 Å². The van der Waals surface area contributed by atoms with Crippen LogP contribution in [0.4, 0.5) is 0 Å². The van der Waals surface area contributed by atoms with E-state index >= 15 is 0 Å². The average Bonchev–Trinajstić information content (AvgIpc) is 2.77. The van der Waals surface area contributed by atoms with Gasteiger partial charge in [0.2, 0.25) is 0 Å². The highest BCUT2D eigenvalue weighted by Gasteiger charge is 2.29.